The van der Waals surface area contributed by atoms with Gasteiger partial charge in [0.2, 0.25) is 0 Å². The molecule has 2 nitrogen and oxygen atoms in total. The summed E-state index contributed by atoms with van der Waals surface area (Å²) in [4.78, 5) is 0. The molecule has 16 heavy (non-hydrogen) atoms. The van der Waals surface area contributed by atoms with Gasteiger partial charge in [0.05, 0.1) is 5.60 Å². The van der Waals surface area contributed by atoms with Gasteiger partial charge in [0, 0.05) is 5.92 Å². The second kappa shape index (κ2) is 4.15. The van der Waals surface area contributed by atoms with Crippen LogP contribution in [0.5, 0.6) is 0 Å². The van der Waals surface area contributed by atoms with E-state index in [2.05, 4.69) is 0 Å². The van der Waals surface area contributed by atoms with Gasteiger partial charge in [-0.15, -0.1) is 0 Å². The van der Waals surface area contributed by atoms with Crippen molar-refractivity contribution in [1.29, 1.82) is 0 Å². The Labute approximate surface area is 95.3 Å². The van der Waals surface area contributed by atoms with Crippen molar-refractivity contribution in [2.75, 3.05) is 6.54 Å². The first-order valence-electron chi connectivity index (χ1n) is 5.83. The van der Waals surface area contributed by atoms with Gasteiger partial charge in [-0.1, -0.05) is 19.1 Å². The van der Waals surface area contributed by atoms with Crippen LogP contribution in [0.1, 0.15) is 30.9 Å². The number of rotatable bonds is 3. The maximum Gasteiger partial charge on any atom is 0.126 e. The summed E-state index contributed by atoms with van der Waals surface area (Å²) in [5, 5.41) is 10.7. The summed E-state index contributed by atoms with van der Waals surface area (Å²) in [5.41, 5.74) is 6.16. The lowest BCUT2D eigenvalue weighted by Gasteiger charge is -2.32. The maximum atomic E-state index is 13.6. The lowest BCUT2D eigenvalue weighted by atomic mass is 9.81. The predicted molar refractivity (Wildman–Crippen MR) is 61.5 cm³/mol. The SMILES string of the molecule is CCC(CN)C1(O)CCc2c(F)cccc21. The fourth-order valence-corrected chi connectivity index (χ4v) is 2.79. The molecular formula is C13H18FNO. The van der Waals surface area contributed by atoms with Gasteiger partial charge in [0.25, 0.3) is 0 Å². The monoisotopic (exact) mass is 223 g/mol. The summed E-state index contributed by atoms with van der Waals surface area (Å²) in [6.45, 7) is 2.44. The second-order valence-corrected chi connectivity index (χ2v) is 4.53. The number of fused-ring (bicyclic) bond motifs is 1. The van der Waals surface area contributed by atoms with Crippen LogP contribution in [-0.4, -0.2) is 11.7 Å². The molecular weight excluding hydrogens is 205 g/mol. The Balaban J connectivity index is 2.46. The van der Waals surface area contributed by atoms with E-state index in [4.69, 9.17) is 5.73 Å². The molecule has 2 atom stereocenters. The van der Waals surface area contributed by atoms with Gasteiger partial charge in [0.15, 0.2) is 0 Å². The molecule has 0 fully saturated rings. The third-order valence-corrected chi connectivity index (χ3v) is 3.79. The normalized spacial score (nSPS) is 25.5. The highest BCUT2D eigenvalue weighted by atomic mass is 19.1. The minimum absolute atomic E-state index is 0.00977. The van der Waals surface area contributed by atoms with Crippen molar-refractivity contribution in [3.8, 4) is 0 Å². The summed E-state index contributed by atoms with van der Waals surface area (Å²) in [7, 11) is 0. The summed E-state index contributed by atoms with van der Waals surface area (Å²) in [6, 6.07) is 4.94. The number of aliphatic hydroxyl groups is 1. The first-order chi connectivity index (χ1) is 7.63. The molecule has 0 saturated heterocycles. The standard InChI is InChI=1S/C13H18FNO/c1-2-9(8-15)13(16)7-6-10-11(13)4-3-5-12(10)14/h3-5,9,16H,2,6-8,15H2,1H3. The maximum absolute atomic E-state index is 13.6. The molecule has 0 amide bonds. The van der Waals surface area contributed by atoms with Gasteiger partial charge in [0.1, 0.15) is 5.82 Å². The average molecular weight is 223 g/mol. The van der Waals surface area contributed by atoms with Crippen LogP contribution in [0.2, 0.25) is 0 Å². The third-order valence-electron chi connectivity index (χ3n) is 3.79. The van der Waals surface area contributed by atoms with Crippen molar-refractivity contribution in [2.24, 2.45) is 11.7 Å². The molecule has 88 valence electrons. The lowest BCUT2D eigenvalue weighted by molar-refractivity contribution is -0.0206. The highest BCUT2D eigenvalue weighted by Crippen LogP contribution is 2.43. The van der Waals surface area contributed by atoms with Crippen LogP contribution in [-0.2, 0) is 12.0 Å². The minimum atomic E-state index is -0.930. The molecule has 0 aromatic heterocycles. The van der Waals surface area contributed by atoms with Gasteiger partial charge in [-0.3, -0.25) is 0 Å². The van der Waals surface area contributed by atoms with Crippen molar-refractivity contribution in [3.63, 3.8) is 0 Å². The van der Waals surface area contributed by atoms with Crippen LogP contribution in [0.4, 0.5) is 4.39 Å². The molecule has 3 N–H and O–H groups in total. The highest BCUT2D eigenvalue weighted by Gasteiger charge is 2.42. The molecule has 3 heteroatoms. The van der Waals surface area contributed by atoms with Gasteiger partial charge < -0.3 is 10.8 Å². The Hall–Kier alpha value is -0.930. The summed E-state index contributed by atoms with van der Waals surface area (Å²) in [6.07, 6.45) is 2.00. The van der Waals surface area contributed by atoms with Gasteiger partial charge >= 0.3 is 0 Å². The third kappa shape index (κ3) is 1.55. The van der Waals surface area contributed by atoms with Crippen LogP contribution >= 0.6 is 0 Å². The van der Waals surface area contributed by atoms with E-state index in [0.717, 1.165) is 12.0 Å². The summed E-state index contributed by atoms with van der Waals surface area (Å²) < 4.78 is 13.6. The smallest absolute Gasteiger partial charge is 0.126 e. The first-order valence-corrected chi connectivity index (χ1v) is 5.83. The number of hydrogen-bond donors (Lipinski definition) is 2. The van der Waals surface area contributed by atoms with E-state index in [-0.39, 0.29) is 11.7 Å². The van der Waals surface area contributed by atoms with E-state index in [1.54, 1.807) is 6.07 Å². The summed E-state index contributed by atoms with van der Waals surface area (Å²) in [5.74, 6) is -0.198. The molecule has 0 bridgehead atoms. The van der Waals surface area contributed by atoms with Crippen molar-refractivity contribution in [1.82, 2.24) is 0 Å². The van der Waals surface area contributed by atoms with Gasteiger partial charge in [-0.05, 0) is 43.0 Å². The second-order valence-electron chi connectivity index (χ2n) is 4.53. The fourth-order valence-electron chi connectivity index (χ4n) is 2.79. The molecule has 2 unspecified atom stereocenters. The van der Waals surface area contributed by atoms with E-state index < -0.39 is 5.60 Å². The zero-order chi connectivity index (χ0) is 11.8. The van der Waals surface area contributed by atoms with Crippen LogP contribution in [0, 0.1) is 11.7 Å². The number of nitrogens with two attached hydrogens (primary N) is 1. The minimum Gasteiger partial charge on any atom is -0.385 e. The Morgan fingerprint density at radius 2 is 2.31 bits per heavy atom. The van der Waals surface area contributed by atoms with E-state index in [9.17, 15) is 9.50 Å². The van der Waals surface area contributed by atoms with Crippen molar-refractivity contribution >= 4 is 0 Å². The zero-order valence-corrected chi connectivity index (χ0v) is 9.54. The number of benzene rings is 1. The van der Waals surface area contributed by atoms with Crippen LogP contribution in [0.25, 0.3) is 0 Å². The molecule has 1 aromatic carbocycles. The van der Waals surface area contributed by atoms with E-state index in [1.807, 2.05) is 13.0 Å². The molecule has 2 rings (SSSR count). The highest BCUT2D eigenvalue weighted by molar-refractivity contribution is 5.38. The quantitative estimate of drug-likeness (QED) is 0.822. The summed E-state index contributed by atoms with van der Waals surface area (Å²) >= 11 is 0. The molecule has 1 aliphatic carbocycles. The topological polar surface area (TPSA) is 46.2 Å². The van der Waals surface area contributed by atoms with Crippen LogP contribution < -0.4 is 5.73 Å². The van der Waals surface area contributed by atoms with Gasteiger partial charge in [-0.2, -0.15) is 0 Å². The molecule has 0 aliphatic heterocycles. The Bertz CT molecular complexity index is 390. The van der Waals surface area contributed by atoms with Crippen molar-refractivity contribution in [3.05, 3.63) is 35.1 Å². The number of hydrogen-bond acceptors (Lipinski definition) is 2. The average Bonchev–Trinajstić information content (AvgIpc) is 2.61. The zero-order valence-electron chi connectivity index (χ0n) is 9.54. The first kappa shape index (κ1) is 11.6. The fraction of sp³-hybridized carbons (Fsp3) is 0.538. The van der Waals surface area contributed by atoms with Gasteiger partial charge in [-0.25, -0.2) is 4.39 Å². The Kier molecular flexibility index (Phi) is 3.00. The van der Waals surface area contributed by atoms with Crippen LogP contribution in [0.3, 0.4) is 0 Å². The molecule has 0 spiro atoms. The van der Waals surface area contributed by atoms with E-state index in [0.29, 0.717) is 24.9 Å². The number of halogens is 1. The van der Waals surface area contributed by atoms with E-state index in [1.165, 1.54) is 6.07 Å². The van der Waals surface area contributed by atoms with E-state index >= 15 is 0 Å². The van der Waals surface area contributed by atoms with Crippen molar-refractivity contribution < 1.29 is 9.50 Å². The molecule has 0 saturated carbocycles. The predicted octanol–water partition coefficient (Wildman–Crippen LogP) is 1.94. The van der Waals surface area contributed by atoms with Crippen LogP contribution in [0.15, 0.2) is 18.2 Å². The van der Waals surface area contributed by atoms with Crippen molar-refractivity contribution in [2.45, 2.75) is 31.8 Å². The molecule has 1 aromatic rings. The largest absolute Gasteiger partial charge is 0.385 e. The molecule has 0 heterocycles. The molecule has 0 radical (unpaired) electrons. The Morgan fingerprint density at radius 3 is 2.94 bits per heavy atom. The Morgan fingerprint density at radius 1 is 1.56 bits per heavy atom. The molecule has 1 aliphatic rings. The lowest BCUT2D eigenvalue weighted by Crippen LogP contribution is -2.37.